The number of halogens is 2. The van der Waals surface area contributed by atoms with Gasteiger partial charge in [0.2, 0.25) is 0 Å². The Morgan fingerprint density at radius 2 is 1.84 bits per heavy atom. The van der Waals surface area contributed by atoms with Gasteiger partial charge in [-0.05, 0) is 71.5 Å². The average molecular weight is 633 g/mol. The normalized spacial score (nSPS) is 10.9. The molecule has 0 fully saturated rings. The molecule has 0 atom stereocenters. The molecule has 0 aromatic heterocycles. The van der Waals surface area contributed by atoms with E-state index in [1.54, 1.807) is 38.5 Å². The molecule has 0 aliphatic carbocycles. The molecule has 0 bridgehead atoms. The lowest BCUT2D eigenvalue weighted by atomic mass is 10.1. The Kier molecular flexibility index (Phi) is 10.5. The van der Waals surface area contributed by atoms with Gasteiger partial charge in [-0.2, -0.15) is 5.26 Å². The molecular formula is C28H26ClIN2O5. The summed E-state index contributed by atoms with van der Waals surface area (Å²) in [5, 5.41) is 13.1. The fraction of sp³-hybridized carbons (Fsp3) is 0.214. The first-order valence-corrected chi connectivity index (χ1v) is 12.8. The molecule has 0 radical (unpaired) electrons. The van der Waals surface area contributed by atoms with Crippen LogP contribution in [0.15, 0.2) is 60.2 Å². The molecule has 0 aliphatic rings. The van der Waals surface area contributed by atoms with Crippen molar-refractivity contribution in [3.63, 3.8) is 0 Å². The number of carbonyl (C=O) groups is 1. The summed E-state index contributed by atoms with van der Waals surface area (Å²) in [6.07, 6.45) is 1.52. The zero-order valence-corrected chi connectivity index (χ0v) is 23.6. The second-order valence-corrected chi connectivity index (χ2v) is 9.24. The van der Waals surface area contributed by atoms with Crippen molar-refractivity contribution in [1.82, 2.24) is 5.32 Å². The van der Waals surface area contributed by atoms with E-state index in [0.717, 1.165) is 14.7 Å². The summed E-state index contributed by atoms with van der Waals surface area (Å²) in [6, 6.07) is 18.3. The van der Waals surface area contributed by atoms with Crippen LogP contribution in [-0.4, -0.2) is 26.7 Å². The van der Waals surface area contributed by atoms with Crippen LogP contribution in [0.3, 0.4) is 0 Å². The molecule has 37 heavy (non-hydrogen) atoms. The van der Waals surface area contributed by atoms with E-state index in [9.17, 15) is 10.1 Å². The topological polar surface area (TPSA) is 89.8 Å². The Morgan fingerprint density at radius 1 is 1.05 bits per heavy atom. The van der Waals surface area contributed by atoms with Gasteiger partial charge < -0.3 is 24.3 Å². The largest absolute Gasteiger partial charge is 0.497 e. The van der Waals surface area contributed by atoms with Crippen LogP contribution in [0.25, 0.3) is 6.08 Å². The third-order valence-electron chi connectivity index (χ3n) is 5.27. The lowest BCUT2D eigenvalue weighted by Crippen LogP contribution is -2.24. The van der Waals surface area contributed by atoms with Gasteiger partial charge in [0.05, 0.1) is 24.4 Å². The van der Waals surface area contributed by atoms with Crippen LogP contribution in [0.2, 0.25) is 5.02 Å². The smallest absolute Gasteiger partial charge is 0.262 e. The van der Waals surface area contributed by atoms with Crippen molar-refractivity contribution in [1.29, 1.82) is 5.26 Å². The molecule has 0 aliphatic heterocycles. The number of methoxy groups -OCH3 is 2. The Hall–Kier alpha value is -3.42. The second-order valence-electron chi connectivity index (χ2n) is 7.67. The molecule has 0 spiro atoms. The number of benzene rings is 3. The SMILES string of the molecule is CCOc1cc(/C=C(\C#N)C(=O)NCc2ccc(OC)cc2OC)cc(I)c1OCc1ccccc1Cl. The molecule has 1 N–H and O–H groups in total. The van der Waals surface area contributed by atoms with E-state index in [1.165, 1.54) is 6.08 Å². The van der Waals surface area contributed by atoms with E-state index in [-0.39, 0.29) is 18.7 Å². The minimum atomic E-state index is -0.507. The van der Waals surface area contributed by atoms with Gasteiger partial charge in [-0.25, -0.2) is 0 Å². The van der Waals surface area contributed by atoms with Crippen LogP contribution >= 0.6 is 34.2 Å². The molecule has 3 aromatic rings. The number of nitrogens with zero attached hydrogens (tertiary/aromatic N) is 1. The summed E-state index contributed by atoms with van der Waals surface area (Å²) in [5.41, 5.74) is 2.19. The number of rotatable bonds is 11. The summed E-state index contributed by atoms with van der Waals surface area (Å²) in [4.78, 5) is 12.8. The summed E-state index contributed by atoms with van der Waals surface area (Å²) in [5.74, 6) is 1.78. The Bertz CT molecular complexity index is 1340. The summed E-state index contributed by atoms with van der Waals surface area (Å²) < 4.78 is 23.2. The van der Waals surface area contributed by atoms with E-state index < -0.39 is 5.91 Å². The molecule has 1 amide bonds. The van der Waals surface area contributed by atoms with Crippen molar-refractivity contribution >= 4 is 46.2 Å². The van der Waals surface area contributed by atoms with Gasteiger partial charge in [0, 0.05) is 28.8 Å². The number of carbonyl (C=O) groups excluding carboxylic acids is 1. The van der Waals surface area contributed by atoms with Crippen molar-refractivity contribution in [2.45, 2.75) is 20.1 Å². The van der Waals surface area contributed by atoms with Crippen LogP contribution in [0.1, 0.15) is 23.6 Å². The lowest BCUT2D eigenvalue weighted by molar-refractivity contribution is -0.117. The highest BCUT2D eigenvalue weighted by atomic mass is 127. The van der Waals surface area contributed by atoms with Crippen molar-refractivity contribution in [3.05, 3.63) is 85.5 Å². The number of nitriles is 1. The standard InChI is InChI=1S/C28H26ClIN2O5/c1-4-36-26-13-18(12-24(30)27(26)37-17-20-7-5-6-8-23(20)29)11-21(15-31)28(33)32-16-19-9-10-22(34-2)14-25(19)35-3/h5-14H,4,16-17H2,1-3H3,(H,32,33)/b21-11+. The predicted molar refractivity (Wildman–Crippen MR) is 151 cm³/mol. The van der Waals surface area contributed by atoms with Gasteiger partial charge in [0.1, 0.15) is 29.7 Å². The summed E-state index contributed by atoms with van der Waals surface area (Å²) in [6.45, 7) is 2.74. The third-order valence-corrected chi connectivity index (χ3v) is 6.44. The van der Waals surface area contributed by atoms with Crippen LogP contribution in [0.4, 0.5) is 0 Å². The Morgan fingerprint density at radius 3 is 2.51 bits per heavy atom. The van der Waals surface area contributed by atoms with Gasteiger partial charge >= 0.3 is 0 Å². The Balaban J connectivity index is 1.79. The number of ether oxygens (including phenoxy) is 4. The summed E-state index contributed by atoms with van der Waals surface area (Å²) >= 11 is 8.39. The highest BCUT2D eigenvalue weighted by Crippen LogP contribution is 2.36. The quantitative estimate of drug-likeness (QED) is 0.155. The minimum absolute atomic E-state index is 0.0459. The van der Waals surface area contributed by atoms with E-state index >= 15 is 0 Å². The molecule has 3 aromatic carbocycles. The highest BCUT2D eigenvalue weighted by molar-refractivity contribution is 14.1. The van der Waals surface area contributed by atoms with Gasteiger partial charge in [0.15, 0.2) is 11.5 Å². The van der Waals surface area contributed by atoms with Crippen LogP contribution < -0.4 is 24.3 Å². The molecule has 0 saturated heterocycles. The Labute approximate surface area is 235 Å². The first-order valence-electron chi connectivity index (χ1n) is 11.3. The molecule has 3 rings (SSSR count). The second kappa shape index (κ2) is 13.8. The van der Waals surface area contributed by atoms with E-state index in [0.29, 0.717) is 40.2 Å². The monoisotopic (exact) mass is 632 g/mol. The first-order chi connectivity index (χ1) is 17.9. The van der Waals surface area contributed by atoms with Gasteiger partial charge in [0.25, 0.3) is 5.91 Å². The lowest BCUT2D eigenvalue weighted by Gasteiger charge is -2.15. The highest BCUT2D eigenvalue weighted by Gasteiger charge is 2.16. The maximum atomic E-state index is 12.8. The van der Waals surface area contributed by atoms with E-state index in [4.69, 9.17) is 30.5 Å². The molecule has 7 nitrogen and oxygen atoms in total. The maximum absolute atomic E-state index is 12.8. The summed E-state index contributed by atoms with van der Waals surface area (Å²) in [7, 11) is 3.11. The van der Waals surface area contributed by atoms with Gasteiger partial charge in [-0.1, -0.05) is 29.8 Å². The maximum Gasteiger partial charge on any atom is 0.262 e. The molecule has 0 unspecified atom stereocenters. The number of hydrogen-bond donors (Lipinski definition) is 1. The third kappa shape index (κ3) is 7.54. The van der Waals surface area contributed by atoms with Crippen LogP contribution in [-0.2, 0) is 17.9 Å². The fourth-order valence-electron chi connectivity index (χ4n) is 3.42. The zero-order chi connectivity index (χ0) is 26.8. The van der Waals surface area contributed by atoms with Crippen LogP contribution in [0, 0.1) is 14.9 Å². The molecule has 0 heterocycles. The van der Waals surface area contributed by atoms with Crippen LogP contribution in [0.5, 0.6) is 23.0 Å². The van der Waals surface area contributed by atoms with E-state index in [1.807, 2.05) is 43.3 Å². The van der Waals surface area contributed by atoms with Gasteiger partial charge in [-0.15, -0.1) is 0 Å². The molecule has 0 saturated carbocycles. The molecular weight excluding hydrogens is 607 g/mol. The number of amides is 1. The van der Waals surface area contributed by atoms with Crippen molar-refractivity contribution < 1.29 is 23.7 Å². The van der Waals surface area contributed by atoms with Crippen molar-refractivity contribution in [2.24, 2.45) is 0 Å². The van der Waals surface area contributed by atoms with Crippen molar-refractivity contribution in [3.8, 4) is 29.1 Å². The van der Waals surface area contributed by atoms with Gasteiger partial charge in [-0.3, -0.25) is 4.79 Å². The van der Waals surface area contributed by atoms with Crippen molar-refractivity contribution in [2.75, 3.05) is 20.8 Å². The molecule has 192 valence electrons. The predicted octanol–water partition coefficient (Wildman–Crippen LogP) is 6.16. The first kappa shape index (κ1) is 28.2. The fourth-order valence-corrected chi connectivity index (χ4v) is 4.39. The number of hydrogen-bond acceptors (Lipinski definition) is 6. The number of nitrogens with one attached hydrogen (secondary N) is 1. The average Bonchev–Trinajstić information content (AvgIpc) is 2.90. The zero-order valence-electron chi connectivity index (χ0n) is 20.6. The molecule has 9 heteroatoms. The minimum Gasteiger partial charge on any atom is -0.497 e. The van der Waals surface area contributed by atoms with E-state index in [2.05, 4.69) is 27.9 Å².